The molecule has 150 valence electrons. The highest BCUT2D eigenvalue weighted by Gasteiger charge is 2.15. The average Bonchev–Trinajstić information content (AvgIpc) is 3.27. The Morgan fingerprint density at radius 3 is 2.55 bits per heavy atom. The Labute approximate surface area is 167 Å². The number of nitrogens with zero attached hydrogens (tertiary/aromatic N) is 3. The molecule has 0 spiro atoms. The van der Waals surface area contributed by atoms with Crippen LogP contribution in [-0.2, 0) is 4.79 Å². The monoisotopic (exact) mass is 395 g/mol. The molecule has 3 aromatic rings. The third-order valence-corrected chi connectivity index (χ3v) is 4.22. The summed E-state index contributed by atoms with van der Waals surface area (Å²) in [5.74, 6) is -0.196. The summed E-state index contributed by atoms with van der Waals surface area (Å²) in [4.78, 5) is 27.4. The van der Waals surface area contributed by atoms with Crippen LogP contribution >= 0.6 is 0 Å². The van der Waals surface area contributed by atoms with Gasteiger partial charge in [0.25, 0.3) is 11.8 Å². The second-order valence-corrected chi connectivity index (χ2v) is 6.25. The van der Waals surface area contributed by atoms with Crippen LogP contribution < -0.4 is 20.5 Å². The first-order valence-electron chi connectivity index (χ1n) is 8.83. The lowest BCUT2D eigenvalue weighted by Crippen LogP contribution is -2.26. The van der Waals surface area contributed by atoms with Crippen LogP contribution in [0.1, 0.15) is 28.9 Å². The van der Waals surface area contributed by atoms with E-state index in [0.29, 0.717) is 17.1 Å². The Balaban J connectivity index is 1.68. The number of nitrogens with one attached hydrogen (secondary N) is 1. The van der Waals surface area contributed by atoms with E-state index in [0.717, 1.165) is 11.3 Å². The highest BCUT2D eigenvalue weighted by atomic mass is 16.5. The number of benzene rings is 2. The van der Waals surface area contributed by atoms with Crippen molar-refractivity contribution >= 4 is 11.8 Å². The number of carbonyl (C=O) groups excluding carboxylic acids is 2. The molecule has 2 aromatic carbocycles. The number of rotatable bonds is 8. The summed E-state index contributed by atoms with van der Waals surface area (Å²) in [6.45, 7) is 1.62. The highest BCUT2D eigenvalue weighted by molar-refractivity contribution is 5.95. The van der Waals surface area contributed by atoms with Crippen molar-refractivity contribution in [3.8, 4) is 17.2 Å². The number of methoxy groups -OCH3 is 1. The van der Waals surface area contributed by atoms with E-state index in [9.17, 15) is 9.59 Å². The Bertz CT molecular complexity index is 987. The lowest BCUT2D eigenvalue weighted by Gasteiger charge is -2.16. The third kappa shape index (κ3) is 4.89. The van der Waals surface area contributed by atoms with Gasteiger partial charge in [-0.25, -0.2) is 9.67 Å². The standard InChI is InChI=1S/C20H21N5O4/c1-13(14-3-6-16(7-4-14)25-12-22-11-23-25)24-20(27)15-5-8-17(18(9-15)28-2)29-10-19(21)26/h3-9,11-13H,10H2,1-2H3,(H2,21,26)(H,24,27)/t13-/m1/s1. The molecule has 1 aromatic heterocycles. The lowest BCUT2D eigenvalue weighted by atomic mass is 10.1. The van der Waals surface area contributed by atoms with Crippen molar-refractivity contribution in [1.82, 2.24) is 20.1 Å². The molecule has 0 aliphatic heterocycles. The van der Waals surface area contributed by atoms with E-state index >= 15 is 0 Å². The predicted octanol–water partition coefficient (Wildman–Crippen LogP) is 1.63. The predicted molar refractivity (Wildman–Crippen MR) is 105 cm³/mol. The number of aromatic nitrogens is 3. The van der Waals surface area contributed by atoms with E-state index in [-0.39, 0.29) is 18.6 Å². The highest BCUT2D eigenvalue weighted by Crippen LogP contribution is 2.28. The van der Waals surface area contributed by atoms with Gasteiger partial charge in [-0.3, -0.25) is 9.59 Å². The van der Waals surface area contributed by atoms with Gasteiger partial charge in [-0.1, -0.05) is 12.1 Å². The number of carbonyl (C=O) groups is 2. The normalized spacial score (nSPS) is 11.5. The summed E-state index contributed by atoms with van der Waals surface area (Å²) < 4.78 is 12.2. The molecule has 0 aliphatic rings. The molecule has 3 N–H and O–H groups in total. The molecular formula is C20H21N5O4. The van der Waals surface area contributed by atoms with Crippen LogP contribution in [0, 0.1) is 0 Å². The maximum absolute atomic E-state index is 12.6. The summed E-state index contributed by atoms with van der Waals surface area (Å²) in [6.07, 6.45) is 3.08. The minimum atomic E-state index is -0.600. The second-order valence-electron chi connectivity index (χ2n) is 6.25. The first kappa shape index (κ1) is 19.9. The quantitative estimate of drug-likeness (QED) is 0.598. The molecule has 0 unspecified atom stereocenters. The van der Waals surface area contributed by atoms with Crippen molar-refractivity contribution in [2.45, 2.75) is 13.0 Å². The summed E-state index contributed by atoms with van der Waals surface area (Å²) in [7, 11) is 1.45. The summed E-state index contributed by atoms with van der Waals surface area (Å²) in [5, 5.41) is 7.03. The number of nitrogens with two attached hydrogens (primary N) is 1. The van der Waals surface area contributed by atoms with Crippen LogP contribution in [0.2, 0.25) is 0 Å². The third-order valence-electron chi connectivity index (χ3n) is 4.22. The van der Waals surface area contributed by atoms with E-state index < -0.39 is 5.91 Å². The molecular weight excluding hydrogens is 374 g/mol. The van der Waals surface area contributed by atoms with Crippen molar-refractivity contribution in [3.63, 3.8) is 0 Å². The van der Waals surface area contributed by atoms with Crippen LogP contribution in [0.15, 0.2) is 55.1 Å². The van der Waals surface area contributed by atoms with Crippen LogP contribution in [0.25, 0.3) is 5.69 Å². The molecule has 0 bridgehead atoms. The summed E-state index contributed by atoms with van der Waals surface area (Å²) in [6, 6.07) is 12.1. The Hall–Kier alpha value is -3.88. The molecule has 2 amide bonds. The van der Waals surface area contributed by atoms with Crippen molar-refractivity contribution in [1.29, 1.82) is 0 Å². The fraction of sp³-hybridized carbons (Fsp3) is 0.200. The van der Waals surface area contributed by atoms with Crippen molar-refractivity contribution in [2.75, 3.05) is 13.7 Å². The number of ether oxygens (including phenoxy) is 2. The number of primary amides is 1. The maximum atomic E-state index is 12.6. The van der Waals surface area contributed by atoms with Gasteiger partial charge in [0.1, 0.15) is 12.7 Å². The van der Waals surface area contributed by atoms with E-state index in [2.05, 4.69) is 15.4 Å². The zero-order valence-corrected chi connectivity index (χ0v) is 16.0. The molecule has 9 heteroatoms. The Kier molecular flexibility index (Phi) is 6.08. The average molecular weight is 395 g/mol. The van der Waals surface area contributed by atoms with E-state index in [1.807, 2.05) is 31.2 Å². The zero-order chi connectivity index (χ0) is 20.8. The fourth-order valence-corrected chi connectivity index (χ4v) is 2.70. The fourth-order valence-electron chi connectivity index (χ4n) is 2.70. The molecule has 0 aliphatic carbocycles. The lowest BCUT2D eigenvalue weighted by molar-refractivity contribution is -0.119. The van der Waals surface area contributed by atoms with Crippen LogP contribution in [0.5, 0.6) is 11.5 Å². The van der Waals surface area contributed by atoms with Gasteiger partial charge in [-0.15, -0.1) is 0 Å². The van der Waals surface area contributed by atoms with Gasteiger partial charge in [0.05, 0.1) is 18.8 Å². The molecule has 9 nitrogen and oxygen atoms in total. The van der Waals surface area contributed by atoms with Gasteiger partial charge in [-0.2, -0.15) is 5.10 Å². The molecule has 0 fully saturated rings. The molecule has 0 radical (unpaired) electrons. The van der Waals surface area contributed by atoms with Crippen molar-refractivity contribution in [2.24, 2.45) is 5.73 Å². The van der Waals surface area contributed by atoms with Gasteiger partial charge in [0, 0.05) is 5.56 Å². The SMILES string of the molecule is COc1cc(C(=O)N[C@H](C)c2ccc(-n3cncn3)cc2)ccc1OCC(N)=O. The summed E-state index contributed by atoms with van der Waals surface area (Å²) in [5.41, 5.74) is 7.30. The van der Waals surface area contributed by atoms with E-state index in [1.54, 1.807) is 29.2 Å². The molecule has 29 heavy (non-hydrogen) atoms. The first-order chi connectivity index (χ1) is 14.0. The van der Waals surface area contributed by atoms with Crippen molar-refractivity contribution < 1.29 is 19.1 Å². The van der Waals surface area contributed by atoms with E-state index in [4.69, 9.17) is 15.2 Å². The Morgan fingerprint density at radius 2 is 1.93 bits per heavy atom. The zero-order valence-electron chi connectivity index (χ0n) is 16.0. The van der Waals surface area contributed by atoms with Gasteiger partial charge < -0.3 is 20.5 Å². The van der Waals surface area contributed by atoms with Crippen LogP contribution in [-0.4, -0.2) is 40.3 Å². The largest absolute Gasteiger partial charge is 0.493 e. The van der Waals surface area contributed by atoms with Crippen LogP contribution in [0.3, 0.4) is 0 Å². The number of hydrogen-bond donors (Lipinski definition) is 2. The van der Waals surface area contributed by atoms with Gasteiger partial charge in [0.15, 0.2) is 18.1 Å². The number of hydrogen-bond acceptors (Lipinski definition) is 6. The molecule has 0 saturated carbocycles. The van der Waals surface area contributed by atoms with Crippen molar-refractivity contribution in [3.05, 3.63) is 66.2 Å². The molecule has 1 heterocycles. The Morgan fingerprint density at radius 1 is 1.17 bits per heavy atom. The molecule has 1 atom stereocenters. The van der Waals surface area contributed by atoms with Gasteiger partial charge >= 0.3 is 0 Å². The minimum absolute atomic E-state index is 0.218. The molecule has 3 rings (SSSR count). The molecule has 0 saturated heterocycles. The summed E-state index contributed by atoms with van der Waals surface area (Å²) >= 11 is 0. The van der Waals surface area contributed by atoms with Gasteiger partial charge in [-0.05, 0) is 42.8 Å². The van der Waals surface area contributed by atoms with Crippen LogP contribution in [0.4, 0.5) is 0 Å². The maximum Gasteiger partial charge on any atom is 0.255 e. The minimum Gasteiger partial charge on any atom is -0.493 e. The van der Waals surface area contributed by atoms with Gasteiger partial charge in [0.2, 0.25) is 0 Å². The first-order valence-corrected chi connectivity index (χ1v) is 8.83. The smallest absolute Gasteiger partial charge is 0.255 e. The number of amides is 2. The second kappa shape index (κ2) is 8.87. The topological polar surface area (TPSA) is 121 Å². The van der Waals surface area contributed by atoms with E-state index in [1.165, 1.54) is 13.4 Å².